The molecular weight excluding hydrogens is 242 g/mol. The van der Waals surface area contributed by atoms with E-state index in [2.05, 4.69) is 33.0 Å². The third-order valence-corrected chi connectivity index (χ3v) is 4.63. The zero-order valence-electron chi connectivity index (χ0n) is 14.8. The van der Waals surface area contributed by atoms with Crippen LogP contribution < -0.4 is 5.32 Å². The molecule has 0 saturated heterocycles. The second-order valence-corrected chi connectivity index (χ2v) is 6.48. The van der Waals surface area contributed by atoms with Crippen LogP contribution in [0.2, 0.25) is 0 Å². The molecule has 0 bridgehead atoms. The predicted molar refractivity (Wildman–Crippen MR) is 93.3 cm³/mol. The maximum atomic E-state index is 3.66. The first kappa shape index (κ1) is 20.0. The lowest BCUT2D eigenvalue weighted by atomic mass is 9.82. The number of unbranched alkanes of at least 4 members (excludes halogenated alkanes) is 5. The van der Waals surface area contributed by atoms with Gasteiger partial charge in [-0.2, -0.15) is 0 Å². The first-order valence-corrected chi connectivity index (χ1v) is 9.50. The standard InChI is InChI=1S/C19H41N/c1-5-9-11-13-15-19(14-12-10-6-2)18(8-4)17-20-16-7-3/h18-20H,5-17H2,1-4H3. The Morgan fingerprint density at radius 3 is 1.80 bits per heavy atom. The van der Waals surface area contributed by atoms with Crippen LogP contribution in [0.5, 0.6) is 0 Å². The van der Waals surface area contributed by atoms with Gasteiger partial charge in [-0.15, -0.1) is 0 Å². The minimum absolute atomic E-state index is 0.903. The second-order valence-electron chi connectivity index (χ2n) is 6.48. The number of rotatable bonds is 15. The first-order valence-electron chi connectivity index (χ1n) is 9.50. The van der Waals surface area contributed by atoms with Gasteiger partial charge in [0.25, 0.3) is 0 Å². The van der Waals surface area contributed by atoms with Gasteiger partial charge in [0.1, 0.15) is 0 Å². The van der Waals surface area contributed by atoms with Gasteiger partial charge in [0.05, 0.1) is 0 Å². The summed E-state index contributed by atoms with van der Waals surface area (Å²) in [5, 5.41) is 3.66. The molecule has 20 heavy (non-hydrogen) atoms. The SMILES string of the molecule is CCCCCCC(CCCCC)C(CC)CNCCC. The molecule has 0 aromatic heterocycles. The molecule has 1 nitrogen and oxygen atoms in total. The van der Waals surface area contributed by atoms with E-state index in [0.29, 0.717) is 0 Å². The monoisotopic (exact) mass is 283 g/mol. The van der Waals surface area contributed by atoms with Crippen molar-refractivity contribution in [3.63, 3.8) is 0 Å². The Hall–Kier alpha value is -0.0400. The van der Waals surface area contributed by atoms with E-state index in [0.717, 1.165) is 11.8 Å². The summed E-state index contributed by atoms with van der Waals surface area (Å²) in [4.78, 5) is 0. The van der Waals surface area contributed by atoms with E-state index < -0.39 is 0 Å². The van der Waals surface area contributed by atoms with Crippen LogP contribution in [0.25, 0.3) is 0 Å². The zero-order chi connectivity index (χ0) is 15.1. The Labute approximate surface area is 129 Å². The summed E-state index contributed by atoms with van der Waals surface area (Å²) in [7, 11) is 0. The normalized spacial score (nSPS) is 14.4. The van der Waals surface area contributed by atoms with E-state index >= 15 is 0 Å². The average molecular weight is 284 g/mol. The van der Waals surface area contributed by atoms with E-state index in [-0.39, 0.29) is 0 Å². The van der Waals surface area contributed by atoms with Crippen LogP contribution in [0.1, 0.15) is 98.3 Å². The fraction of sp³-hybridized carbons (Fsp3) is 1.00. The summed E-state index contributed by atoms with van der Waals surface area (Å²) < 4.78 is 0. The predicted octanol–water partition coefficient (Wildman–Crippen LogP) is 6.18. The number of hydrogen-bond acceptors (Lipinski definition) is 1. The molecule has 1 heteroatoms. The highest BCUT2D eigenvalue weighted by molar-refractivity contribution is 4.72. The molecule has 122 valence electrons. The van der Waals surface area contributed by atoms with Gasteiger partial charge in [0.2, 0.25) is 0 Å². The van der Waals surface area contributed by atoms with Crippen LogP contribution in [0.4, 0.5) is 0 Å². The lowest BCUT2D eigenvalue weighted by Gasteiger charge is -2.27. The van der Waals surface area contributed by atoms with Gasteiger partial charge in [-0.05, 0) is 31.3 Å². The minimum atomic E-state index is 0.903. The summed E-state index contributed by atoms with van der Waals surface area (Å²) >= 11 is 0. The molecule has 0 rings (SSSR count). The fourth-order valence-electron chi connectivity index (χ4n) is 3.21. The third kappa shape index (κ3) is 10.7. The van der Waals surface area contributed by atoms with Crippen molar-refractivity contribution >= 4 is 0 Å². The van der Waals surface area contributed by atoms with Gasteiger partial charge in [0.15, 0.2) is 0 Å². The van der Waals surface area contributed by atoms with Crippen LogP contribution in [0, 0.1) is 11.8 Å². The highest BCUT2D eigenvalue weighted by Crippen LogP contribution is 2.27. The maximum Gasteiger partial charge on any atom is -0.00180 e. The van der Waals surface area contributed by atoms with Crippen molar-refractivity contribution in [3.8, 4) is 0 Å². The molecule has 0 saturated carbocycles. The molecule has 0 aromatic rings. The van der Waals surface area contributed by atoms with Gasteiger partial charge in [-0.1, -0.05) is 91.9 Å². The second kappa shape index (κ2) is 15.4. The van der Waals surface area contributed by atoms with Gasteiger partial charge < -0.3 is 5.32 Å². The van der Waals surface area contributed by atoms with Crippen molar-refractivity contribution in [1.82, 2.24) is 5.32 Å². The van der Waals surface area contributed by atoms with E-state index in [1.165, 1.54) is 83.7 Å². The largest absolute Gasteiger partial charge is 0.316 e. The molecule has 1 N–H and O–H groups in total. The topological polar surface area (TPSA) is 12.0 Å². The number of hydrogen-bond donors (Lipinski definition) is 1. The minimum Gasteiger partial charge on any atom is -0.316 e. The summed E-state index contributed by atoms with van der Waals surface area (Å²) in [5.74, 6) is 1.87. The molecule has 0 radical (unpaired) electrons. The molecule has 2 unspecified atom stereocenters. The third-order valence-electron chi connectivity index (χ3n) is 4.63. The fourth-order valence-corrected chi connectivity index (χ4v) is 3.21. The van der Waals surface area contributed by atoms with Gasteiger partial charge >= 0.3 is 0 Å². The van der Waals surface area contributed by atoms with Gasteiger partial charge in [-0.3, -0.25) is 0 Å². The van der Waals surface area contributed by atoms with Crippen molar-refractivity contribution in [2.75, 3.05) is 13.1 Å². The Kier molecular flexibility index (Phi) is 15.3. The van der Waals surface area contributed by atoms with E-state index in [9.17, 15) is 0 Å². The summed E-state index contributed by atoms with van der Waals surface area (Å²) in [5.41, 5.74) is 0. The van der Waals surface area contributed by atoms with Crippen molar-refractivity contribution < 1.29 is 0 Å². The van der Waals surface area contributed by atoms with E-state index in [1.807, 2.05) is 0 Å². The molecule has 0 fully saturated rings. The molecule has 0 amide bonds. The lowest BCUT2D eigenvalue weighted by molar-refractivity contribution is 0.261. The smallest absolute Gasteiger partial charge is 0.00180 e. The first-order chi connectivity index (χ1) is 9.79. The van der Waals surface area contributed by atoms with Gasteiger partial charge in [0, 0.05) is 0 Å². The molecular formula is C19H41N. The van der Waals surface area contributed by atoms with Crippen LogP contribution in [-0.4, -0.2) is 13.1 Å². The molecule has 0 heterocycles. The molecule has 0 aliphatic rings. The zero-order valence-corrected chi connectivity index (χ0v) is 14.8. The van der Waals surface area contributed by atoms with Crippen LogP contribution >= 0.6 is 0 Å². The van der Waals surface area contributed by atoms with E-state index in [4.69, 9.17) is 0 Å². The van der Waals surface area contributed by atoms with Crippen LogP contribution in [-0.2, 0) is 0 Å². The van der Waals surface area contributed by atoms with Crippen molar-refractivity contribution in [2.24, 2.45) is 11.8 Å². The quantitative estimate of drug-likeness (QED) is 0.354. The highest BCUT2D eigenvalue weighted by atomic mass is 14.9. The Morgan fingerprint density at radius 2 is 1.25 bits per heavy atom. The Bertz CT molecular complexity index is 179. The number of nitrogens with one attached hydrogen (secondary N) is 1. The summed E-state index contributed by atoms with van der Waals surface area (Å²) in [6.45, 7) is 11.7. The molecule has 0 aliphatic heterocycles. The van der Waals surface area contributed by atoms with Crippen LogP contribution in [0.15, 0.2) is 0 Å². The Balaban J connectivity index is 4.13. The molecule has 0 aromatic carbocycles. The maximum absolute atomic E-state index is 3.66. The molecule has 0 aliphatic carbocycles. The molecule has 2 atom stereocenters. The average Bonchev–Trinajstić information content (AvgIpc) is 2.47. The van der Waals surface area contributed by atoms with Crippen LogP contribution in [0.3, 0.4) is 0 Å². The van der Waals surface area contributed by atoms with E-state index in [1.54, 1.807) is 0 Å². The lowest BCUT2D eigenvalue weighted by Crippen LogP contribution is -2.28. The Morgan fingerprint density at radius 1 is 0.650 bits per heavy atom. The summed E-state index contributed by atoms with van der Waals surface area (Å²) in [6, 6.07) is 0. The van der Waals surface area contributed by atoms with Crippen molar-refractivity contribution in [1.29, 1.82) is 0 Å². The van der Waals surface area contributed by atoms with Crippen molar-refractivity contribution in [2.45, 2.75) is 98.3 Å². The summed E-state index contributed by atoms with van der Waals surface area (Å²) in [6.07, 6.45) is 15.4. The highest BCUT2D eigenvalue weighted by Gasteiger charge is 2.18. The van der Waals surface area contributed by atoms with Gasteiger partial charge in [-0.25, -0.2) is 0 Å². The molecule has 0 spiro atoms. The van der Waals surface area contributed by atoms with Crippen molar-refractivity contribution in [3.05, 3.63) is 0 Å².